The van der Waals surface area contributed by atoms with E-state index in [1.54, 1.807) is 0 Å². The molecule has 94 valence electrons. The Morgan fingerprint density at radius 2 is 2.00 bits per heavy atom. The second kappa shape index (κ2) is 5.00. The molecular weight excluding hydrogens is 230 g/mol. The highest BCUT2D eigenvalue weighted by atomic mass is 16.2. The zero-order valence-electron chi connectivity index (χ0n) is 10.4. The molecule has 0 aliphatic carbocycles. The summed E-state index contributed by atoms with van der Waals surface area (Å²) < 4.78 is 0. The maximum absolute atomic E-state index is 11.9. The molecule has 0 fully saturated rings. The largest absolute Gasteiger partial charge is 0.291 e. The summed E-state index contributed by atoms with van der Waals surface area (Å²) in [6.07, 6.45) is 0.289. The fourth-order valence-electron chi connectivity index (χ4n) is 1.67. The maximum atomic E-state index is 11.9. The minimum Gasteiger partial charge on any atom is -0.291 e. The van der Waals surface area contributed by atoms with Crippen LogP contribution in [0.5, 0.6) is 0 Å². The van der Waals surface area contributed by atoms with E-state index in [2.05, 4.69) is 10.4 Å². The fourth-order valence-corrected chi connectivity index (χ4v) is 1.67. The van der Waals surface area contributed by atoms with Crippen molar-refractivity contribution >= 4 is 23.2 Å². The maximum Gasteiger partial charge on any atom is 0.247 e. The molecule has 0 saturated carbocycles. The Bertz CT molecular complexity index is 505. The van der Waals surface area contributed by atoms with Crippen molar-refractivity contribution in [2.75, 3.05) is 11.6 Å². The van der Waals surface area contributed by atoms with Crippen molar-refractivity contribution in [3.63, 3.8) is 0 Å². The summed E-state index contributed by atoms with van der Waals surface area (Å²) in [7, 11) is 0. The molecule has 18 heavy (non-hydrogen) atoms. The van der Waals surface area contributed by atoms with Gasteiger partial charge in [-0.15, -0.1) is 0 Å². The van der Waals surface area contributed by atoms with Gasteiger partial charge in [-0.1, -0.05) is 17.7 Å². The number of amidine groups is 1. The van der Waals surface area contributed by atoms with Crippen molar-refractivity contribution < 1.29 is 9.59 Å². The molecule has 5 nitrogen and oxygen atoms in total. The number of aryl methyl sites for hydroxylation is 1. The van der Waals surface area contributed by atoms with Gasteiger partial charge in [-0.25, -0.2) is 5.01 Å². The van der Waals surface area contributed by atoms with Gasteiger partial charge in [-0.05, 0) is 19.1 Å². The minimum absolute atomic E-state index is 0.0983. The summed E-state index contributed by atoms with van der Waals surface area (Å²) in [5.74, 6) is -0.0536. The van der Waals surface area contributed by atoms with Crippen LogP contribution < -0.4 is 10.4 Å². The first kappa shape index (κ1) is 12.3. The molecule has 1 heterocycles. The predicted octanol–water partition coefficient (Wildman–Crippen LogP) is 1.22. The zero-order chi connectivity index (χ0) is 13.1. The number of nitrogens with zero attached hydrogens (tertiary/aromatic N) is 2. The third-order valence-corrected chi connectivity index (χ3v) is 2.69. The highest BCUT2D eigenvalue weighted by Crippen LogP contribution is 2.15. The predicted molar refractivity (Wildman–Crippen MR) is 69.4 cm³/mol. The SMILES string of the molecule is CC(=O)C1=NCCC(=O)N(c2ccc(C)cc2)N1. The third-order valence-electron chi connectivity index (χ3n) is 2.69. The Morgan fingerprint density at radius 3 is 2.61 bits per heavy atom. The standard InChI is InChI=1S/C13H15N3O2/c1-9-3-5-11(6-4-9)16-12(18)7-8-14-13(15-16)10(2)17/h3-6H,7-8H2,1-2H3,(H,14,15). The average Bonchev–Trinajstić information content (AvgIpc) is 2.52. The van der Waals surface area contributed by atoms with Gasteiger partial charge in [0.05, 0.1) is 12.2 Å². The molecule has 0 spiro atoms. The first-order chi connectivity index (χ1) is 8.58. The van der Waals surface area contributed by atoms with Gasteiger partial charge in [-0.3, -0.25) is 20.0 Å². The van der Waals surface area contributed by atoms with Crippen molar-refractivity contribution in [2.24, 2.45) is 4.99 Å². The number of Topliss-reactive ketones (excluding diaryl/α,β-unsaturated/α-hetero) is 1. The van der Waals surface area contributed by atoms with Crippen LogP contribution >= 0.6 is 0 Å². The van der Waals surface area contributed by atoms with Crippen LogP contribution in [0.15, 0.2) is 29.3 Å². The molecule has 5 heteroatoms. The summed E-state index contributed by atoms with van der Waals surface area (Å²) in [5.41, 5.74) is 4.61. The van der Waals surface area contributed by atoms with Crippen molar-refractivity contribution in [3.8, 4) is 0 Å². The lowest BCUT2D eigenvalue weighted by molar-refractivity contribution is -0.118. The Morgan fingerprint density at radius 1 is 1.33 bits per heavy atom. The van der Waals surface area contributed by atoms with Crippen LogP contribution in [-0.4, -0.2) is 24.1 Å². The van der Waals surface area contributed by atoms with Crippen LogP contribution in [-0.2, 0) is 9.59 Å². The van der Waals surface area contributed by atoms with Gasteiger partial charge in [0.15, 0.2) is 11.6 Å². The second-order valence-corrected chi connectivity index (χ2v) is 4.21. The van der Waals surface area contributed by atoms with Crippen LogP contribution in [0.1, 0.15) is 18.9 Å². The Balaban J connectivity index is 2.29. The van der Waals surface area contributed by atoms with Gasteiger partial charge in [0.25, 0.3) is 0 Å². The number of hydrazine groups is 1. The van der Waals surface area contributed by atoms with Crippen molar-refractivity contribution in [1.29, 1.82) is 0 Å². The zero-order valence-corrected chi connectivity index (χ0v) is 10.4. The number of nitrogens with one attached hydrogen (secondary N) is 1. The molecule has 0 unspecified atom stereocenters. The van der Waals surface area contributed by atoms with E-state index in [4.69, 9.17) is 0 Å². The molecule has 0 bridgehead atoms. The highest BCUT2D eigenvalue weighted by Gasteiger charge is 2.21. The number of hydrogen-bond donors (Lipinski definition) is 1. The fraction of sp³-hybridized carbons (Fsp3) is 0.308. The number of carbonyl (C=O) groups is 2. The van der Waals surface area contributed by atoms with Crippen LogP contribution in [0.4, 0.5) is 5.69 Å². The first-order valence-electron chi connectivity index (χ1n) is 5.79. The molecule has 1 aromatic rings. The number of aliphatic imine (C=N–C) groups is 1. The Hall–Kier alpha value is -2.17. The van der Waals surface area contributed by atoms with E-state index in [9.17, 15) is 9.59 Å². The lowest BCUT2D eigenvalue weighted by Gasteiger charge is -2.22. The average molecular weight is 245 g/mol. The summed E-state index contributed by atoms with van der Waals surface area (Å²) in [6.45, 7) is 3.74. The number of hydrogen-bond acceptors (Lipinski definition) is 4. The first-order valence-corrected chi connectivity index (χ1v) is 5.79. The summed E-state index contributed by atoms with van der Waals surface area (Å²) in [5, 5.41) is 1.38. The molecule has 0 radical (unpaired) electrons. The molecule has 0 aromatic heterocycles. The smallest absolute Gasteiger partial charge is 0.247 e. The normalized spacial score (nSPS) is 15.8. The topological polar surface area (TPSA) is 61.8 Å². The lowest BCUT2D eigenvalue weighted by atomic mass is 10.2. The summed E-state index contributed by atoms with van der Waals surface area (Å²) in [4.78, 5) is 27.4. The molecular formula is C13H15N3O2. The van der Waals surface area contributed by atoms with Crippen molar-refractivity contribution in [1.82, 2.24) is 5.43 Å². The van der Waals surface area contributed by atoms with Crippen molar-refractivity contribution in [2.45, 2.75) is 20.3 Å². The summed E-state index contributed by atoms with van der Waals surface area (Å²) in [6, 6.07) is 7.51. The number of carbonyl (C=O) groups excluding carboxylic acids is 2. The molecule has 1 N–H and O–H groups in total. The van der Waals surface area contributed by atoms with Gasteiger partial charge in [0, 0.05) is 13.3 Å². The number of ketones is 1. The van der Waals surface area contributed by atoms with E-state index in [0.717, 1.165) is 5.56 Å². The van der Waals surface area contributed by atoms with Gasteiger partial charge >= 0.3 is 0 Å². The highest BCUT2D eigenvalue weighted by molar-refractivity contribution is 6.38. The quantitative estimate of drug-likeness (QED) is 0.852. The van der Waals surface area contributed by atoms with E-state index >= 15 is 0 Å². The van der Waals surface area contributed by atoms with Crippen LogP contribution in [0.3, 0.4) is 0 Å². The van der Waals surface area contributed by atoms with Crippen LogP contribution in [0.25, 0.3) is 0 Å². The number of amides is 1. The van der Waals surface area contributed by atoms with Gasteiger partial charge in [-0.2, -0.15) is 0 Å². The van der Waals surface area contributed by atoms with Crippen molar-refractivity contribution in [3.05, 3.63) is 29.8 Å². The Kier molecular flexibility index (Phi) is 3.41. The molecule has 1 aliphatic rings. The molecule has 1 aliphatic heterocycles. The van der Waals surface area contributed by atoms with Crippen LogP contribution in [0.2, 0.25) is 0 Å². The summed E-state index contributed by atoms with van der Waals surface area (Å²) >= 11 is 0. The molecule has 1 aromatic carbocycles. The van der Waals surface area contributed by atoms with Gasteiger partial charge < -0.3 is 0 Å². The second-order valence-electron chi connectivity index (χ2n) is 4.21. The van der Waals surface area contributed by atoms with Gasteiger partial charge in [0.1, 0.15) is 0 Å². The third kappa shape index (κ3) is 2.56. The van der Waals surface area contributed by atoms with Crippen LogP contribution in [0, 0.1) is 6.92 Å². The number of anilines is 1. The minimum atomic E-state index is -0.179. The molecule has 1 amide bonds. The lowest BCUT2D eigenvalue weighted by Crippen LogP contribution is -2.47. The van der Waals surface area contributed by atoms with E-state index in [-0.39, 0.29) is 23.9 Å². The van der Waals surface area contributed by atoms with E-state index in [1.807, 2.05) is 31.2 Å². The monoisotopic (exact) mass is 245 g/mol. The Labute approximate surface area is 105 Å². The van der Waals surface area contributed by atoms with E-state index in [1.165, 1.54) is 11.9 Å². The van der Waals surface area contributed by atoms with E-state index < -0.39 is 0 Å². The van der Waals surface area contributed by atoms with E-state index in [0.29, 0.717) is 12.2 Å². The molecule has 0 saturated heterocycles. The van der Waals surface area contributed by atoms with Gasteiger partial charge in [0.2, 0.25) is 5.91 Å². The molecule has 2 rings (SSSR count). The number of rotatable bonds is 2. The molecule has 0 atom stereocenters. The number of benzene rings is 1.